The standard InChI is InChI=1S/C13H21N3O4/c1-13(2)11(19)16(12(20)14-13)8-10(18)15(6-7-17)9-4-3-5-9/h9,17H,3-8H2,1-2H3,(H,14,20). The van der Waals surface area contributed by atoms with E-state index in [0.29, 0.717) is 0 Å². The molecule has 1 aliphatic heterocycles. The number of urea groups is 1. The Labute approximate surface area is 117 Å². The first-order valence-electron chi connectivity index (χ1n) is 6.91. The molecular weight excluding hydrogens is 262 g/mol. The molecule has 2 rings (SSSR count). The molecule has 2 aliphatic rings. The summed E-state index contributed by atoms with van der Waals surface area (Å²) < 4.78 is 0. The van der Waals surface area contributed by atoms with Gasteiger partial charge in [0.1, 0.15) is 12.1 Å². The third kappa shape index (κ3) is 2.63. The highest BCUT2D eigenvalue weighted by Gasteiger charge is 2.45. The fourth-order valence-electron chi connectivity index (χ4n) is 2.50. The Kier molecular flexibility index (Phi) is 3.99. The highest BCUT2D eigenvalue weighted by Crippen LogP contribution is 2.25. The van der Waals surface area contributed by atoms with Gasteiger partial charge in [-0.2, -0.15) is 0 Å². The van der Waals surface area contributed by atoms with Crippen molar-refractivity contribution in [3.63, 3.8) is 0 Å². The van der Waals surface area contributed by atoms with Crippen LogP contribution in [-0.4, -0.2) is 64.0 Å². The first kappa shape index (κ1) is 14.8. The number of rotatable bonds is 5. The number of nitrogens with one attached hydrogen (secondary N) is 1. The van der Waals surface area contributed by atoms with Crippen LogP contribution < -0.4 is 5.32 Å². The molecule has 7 nitrogen and oxygen atoms in total. The molecule has 0 aromatic carbocycles. The minimum absolute atomic E-state index is 0.117. The highest BCUT2D eigenvalue weighted by atomic mass is 16.3. The summed E-state index contributed by atoms with van der Waals surface area (Å²) in [6.45, 7) is 3.08. The zero-order valence-electron chi connectivity index (χ0n) is 11.9. The van der Waals surface area contributed by atoms with Crippen molar-refractivity contribution in [3.05, 3.63) is 0 Å². The number of carbonyl (C=O) groups excluding carboxylic acids is 3. The van der Waals surface area contributed by atoms with Crippen molar-refractivity contribution in [1.29, 1.82) is 0 Å². The molecule has 20 heavy (non-hydrogen) atoms. The average Bonchev–Trinajstić information content (AvgIpc) is 2.48. The molecule has 112 valence electrons. The van der Waals surface area contributed by atoms with Gasteiger partial charge in [-0.15, -0.1) is 0 Å². The molecule has 2 N–H and O–H groups in total. The van der Waals surface area contributed by atoms with Crippen molar-refractivity contribution in [1.82, 2.24) is 15.1 Å². The van der Waals surface area contributed by atoms with Gasteiger partial charge < -0.3 is 15.3 Å². The molecule has 0 bridgehead atoms. The van der Waals surface area contributed by atoms with Crippen molar-refractivity contribution < 1.29 is 19.5 Å². The lowest BCUT2D eigenvalue weighted by Crippen LogP contribution is -2.50. The minimum atomic E-state index is -0.963. The van der Waals surface area contributed by atoms with Crippen LogP contribution in [0.4, 0.5) is 4.79 Å². The lowest BCUT2D eigenvalue weighted by Gasteiger charge is -2.37. The number of hydrogen-bond donors (Lipinski definition) is 2. The second kappa shape index (κ2) is 5.40. The second-order valence-corrected chi connectivity index (χ2v) is 5.84. The van der Waals surface area contributed by atoms with Crippen LogP contribution in [0.15, 0.2) is 0 Å². The maximum absolute atomic E-state index is 12.3. The topological polar surface area (TPSA) is 90.0 Å². The van der Waals surface area contributed by atoms with E-state index in [4.69, 9.17) is 5.11 Å². The summed E-state index contributed by atoms with van der Waals surface area (Å²) >= 11 is 0. The van der Waals surface area contributed by atoms with Gasteiger partial charge in [-0.05, 0) is 33.1 Å². The van der Waals surface area contributed by atoms with E-state index in [-0.39, 0.29) is 31.6 Å². The predicted molar refractivity (Wildman–Crippen MR) is 70.8 cm³/mol. The molecule has 0 atom stereocenters. The Morgan fingerprint density at radius 3 is 2.50 bits per heavy atom. The van der Waals surface area contributed by atoms with Gasteiger partial charge >= 0.3 is 6.03 Å². The molecule has 0 spiro atoms. The van der Waals surface area contributed by atoms with Crippen LogP contribution in [0.25, 0.3) is 0 Å². The van der Waals surface area contributed by atoms with E-state index in [9.17, 15) is 14.4 Å². The van der Waals surface area contributed by atoms with Crippen LogP contribution in [0, 0.1) is 0 Å². The second-order valence-electron chi connectivity index (χ2n) is 5.84. The van der Waals surface area contributed by atoms with Crippen LogP contribution in [0.1, 0.15) is 33.1 Å². The van der Waals surface area contributed by atoms with E-state index in [1.54, 1.807) is 18.7 Å². The van der Waals surface area contributed by atoms with Crippen LogP contribution in [0.3, 0.4) is 0 Å². The number of nitrogens with zero attached hydrogens (tertiary/aromatic N) is 2. The molecule has 0 aromatic heterocycles. The summed E-state index contributed by atoms with van der Waals surface area (Å²) in [5, 5.41) is 11.6. The van der Waals surface area contributed by atoms with E-state index in [0.717, 1.165) is 24.2 Å². The molecule has 1 saturated heterocycles. The van der Waals surface area contributed by atoms with Crippen LogP contribution >= 0.6 is 0 Å². The molecule has 4 amide bonds. The summed E-state index contributed by atoms with van der Waals surface area (Å²) in [5.41, 5.74) is -0.963. The van der Waals surface area contributed by atoms with E-state index in [1.807, 2.05) is 0 Å². The zero-order chi connectivity index (χ0) is 14.9. The number of amides is 4. The number of aliphatic hydroxyl groups is 1. The summed E-state index contributed by atoms with van der Waals surface area (Å²) in [6, 6.07) is -0.408. The van der Waals surface area contributed by atoms with Gasteiger partial charge in [-0.25, -0.2) is 4.79 Å². The summed E-state index contributed by atoms with van der Waals surface area (Å²) in [5.74, 6) is -0.682. The first-order valence-corrected chi connectivity index (χ1v) is 6.91. The molecule has 1 aliphatic carbocycles. The molecule has 0 unspecified atom stereocenters. The van der Waals surface area contributed by atoms with Crippen molar-refractivity contribution in [2.75, 3.05) is 19.7 Å². The minimum Gasteiger partial charge on any atom is -0.395 e. The van der Waals surface area contributed by atoms with Crippen LogP contribution in [0.5, 0.6) is 0 Å². The lowest BCUT2D eigenvalue weighted by atomic mass is 9.91. The Hall–Kier alpha value is -1.63. The normalized spacial score (nSPS) is 21.6. The fraction of sp³-hybridized carbons (Fsp3) is 0.769. The molecule has 0 radical (unpaired) electrons. The van der Waals surface area contributed by atoms with Gasteiger partial charge in [0.15, 0.2) is 0 Å². The van der Waals surface area contributed by atoms with Gasteiger partial charge in [-0.1, -0.05) is 0 Å². The molecule has 0 aromatic rings. The van der Waals surface area contributed by atoms with Crippen molar-refractivity contribution in [2.45, 2.75) is 44.7 Å². The van der Waals surface area contributed by atoms with Crippen molar-refractivity contribution in [3.8, 4) is 0 Å². The van der Waals surface area contributed by atoms with Crippen molar-refractivity contribution >= 4 is 17.8 Å². The Balaban J connectivity index is 2.02. The van der Waals surface area contributed by atoms with Crippen molar-refractivity contribution in [2.24, 2.45) is 0 Å². The Bertz CT molecular complexity index is 431. The van der Waals surface area contributed by atoms with Gasteiger partial charge in [0, 0.05) is 12.6 Å². The quantitative estimate of drug-likeness (QED) is 0.677. The summed E-state index contributed by atoms with van der Waals surface area (Å²) in [7, 11) is 0. The average molecular weight is 283 g/mol. The van der Waals surface area contributed by atoms with Crippen LogP contribution in [-0.2, 0) is 9.59 Å². The Morgan fingerprint density at radius 1 is 1.45 bits per heavy atom. The number of aliphatic hydroxyl groups excluding tert-OH is 1. The summed E-state index contributed by atoms with van der Waals surface area (Å²) in [4.78, 5) is 38.6. The van der Waals surface area contributed by atoms with E-state index in [2.05, 4.69) is 5.32 Å². The van der Waals surface area contributed by atoms with Gasteiger partial charge in [-0.3, -0.25) is 14.5 Å². The Morgan fingerprint density at radius 2 is 2.10 bits per heavy atom. The lowest BCUT2D eigenvalue weighted by molar-refractivity contribution is -0.141. The van der Waals surface area contributed by atoms with E-state index < -0.39 is 17.5 Å². The monoisotopic (exact) mass is 283 g/mol. The third-order valence-corrected chi connectivity index (χ3v) is 3.91. The van der Waals surface area contributed by atoms with Gasteiger partial charge in [0.25, 0.3) is 5.91 Å². The number of hydrogen-bond acceptors (Lipinski definition) is 4. The van der Waals surface area contributed by atoms with Crippen LogP contribution in [0.2, 0.25) is 0 Å². The zero-order valence-corrected chi connectivity index (χ0v) is 11.9. The number of carbonyl (C=O) groups is 3. The highest BCUT2D eigenvalue weighted by molar-refractivity contribution is 6.08. The largest absolute Gasteiger partial charge is 0.395 e. The molecule has 7 heteroatoms. The van der Waals surface area contributed by atoms with E-state index in [1.165, 1.54) is 0 Å². The van der Waals surface area contributed by atoms with Gasteiger partial charge in [0.2, 0.25) is 5.91 Å². The molecular formula is C13H21N3O4. The van der Waals surface area contributed by atoms with Gasteiger partial charge in [0.05, 0.1) is 6.61 Å². The maximum Gasteiger partial charge on any atom is 0.325 e. The predicted octanol–water partition coefficient (Wildman–Crippen LogP) is -0.310. The van der Waals surface area contributed by atoms with E-state index >= 15 is 0 Å². The fourth-order valence-corrected chi connectivity index (χ4v) is 2.50. The molecule has 1 saturated carbocycles. The molecule has 2 fully saturated rings. The maximum atomic E-state index is 12.3. The number of imide groups is 1. The SMILES string of the molecule is CC1(C)NC(=O)N(CC(=O)N(CCO)C2CCC2)C1=O. The third-order valence-electron chi connectivity index (χ3n) is 3.91. The first-order chi connectivity index (χ1) is 9.36. The smallest absolute Gasteiger partial charge is 0.325 e. The molecule has 1 heterocycles. The summed E-state index contributed by atoms with van der Waals surface area (Å²) in [6.07, 6.45) is 2.89.